The maximum Gasteiger partial charge on any atom is 0.147 e. The Morgan fingerprint density at radius 3 is 3.05 bits per heavy atom. The largest absolute Gasteiger partial charge is 0.329 e. The molecule has 1 atom stereocenters. The van der Waals surface area contributed by atoms with Gasteiger partial charge < -0.3 is 10.3 Å². The summed E-state index contributed by atoms with van der Waals surface area (Å²) in [7, 11) is 0. The minimum Gasteiger partial charge on any atom is -0.329 e. The monoisotopic (exact) mass is 295 g/mol. The number of aromatic nitrogens is 3. The molecule has 0 bridgehead atoms. The second-order valence-electron chi connectivity index (χ2n) is 4.83. The van der Waals surface area contributed by atoms with Crippen molar-refractivity contribution < 1.29 is 4.39 Å². The second kappa shape index (κ2) is 5.47. The van der Waals surface area contributed by atoms with Gasteiger partial charge in [0.1, 0.15) is 18.0 Å². The van der Waals surface area contributed by atoms with Crippen LogP contribution in [0, 0.1) is 5.82 Å². The summed E-state index contributed by atoms with van der Waals surface area (Å²) in [6.07, 6.45) is 1.71. The molecule has 0 aliphatic carbocycles. The maximum absolute atomic E-state index is 14.0. The second-order valence-corrected chi connectivity index (χ2v) is 5.26. The smallest absolute Gasteiger partial charge is 0.147 e. The van der Waals surface area contributed by atoms with Gasteiger partial charge in [-0.1, -0.05) is 11.6 Å². The van der Waals surface area contributed by atoms with Gasteiger partial charge >= 0.3 is 0 Å². The van der Waals surface area contributed by atoms with Crippen molar-refractivity contribution in [2.24, 2.45) is 5.73 Å². The van der Waals surface area contributed by atoms with Crippen molar-refractivity contribution in [1.29, 1.82) is 0 Å². The van der Waals surface area contributed by atoms with Crippen LogP contribution in [0.5, 0.6) is 0 Å². The highest BCUT2D eigenvalue weighted by Crippen LogP contribution is 2.28. The van der Waals surface area contributed by atoms with E-state index in [4.69, 9.17) is 17.3 Å². The van der Waals surface area contributed by atoms with Crippen molar-refractivity contribution in [3.8, 4) is 0 Å². The third-order valence-electron chi connectivity index (χ3n) is 3.65. The molecule has 1 aromatic carbocycles. The topological polar surface area (TPSA) is 60.0 Å². The van der Waals surface area contributed by atoms with Gasteiger partial charge in [0.2, 0.25) is 0 Å². The fraction of sp³-hybridized carbons (Fsp3) is 0.385. The lowest BCUT2D eigenvalue weighted by molar-refractivity contribution is 0.153. The van der Waals surface area contributed by atoms with E-state index in [0.717, 1.165) is 18.9 Å². The Labute approximate surface area is 121 Å². The molecule has 2 N–H and O–H groups in total. The van der Waals surface area contributed by atoms with E-state index in [1.165, 1.54) is 6.07 Å². The summed E-state index contributed by atoms with van der Waals surface area (Å²) in [6, 6.07) is 4.36. The standard InChI is InChI=1S/C13H15ClFN5/c14-9-1-2-11(15)10(5-9)12(6-16)19-3-4-20-8-17-18-13(20)7-19/h1-2,5,8,12H,3-4,6-7,16H2. The molecule has 0 saturated carbocycles. The molecule has 7 heteroatoms. The molecule has 106 valence electrons. The summed E-state index contributed by atoms with van der Waals surface area (Å²) in [5.41, 5.74) is 6.39. The molecule has 2 aromatic rings. The Kier molecular flexibility index (Phi) is 3.69. The lowest BCUT2D eigenvalue weighted by atomic mass is 10.0. The van der Waals surface area contributed by atoms with E-state index in [9.17, 15) is 4.39 Å². The lowest BCUT2D eigenvalue weighted by Gasteiger charge is -2.34. The number of rotatable bonds is 3. The highest BCUT2D eigenvalue weighted by atomic mass is 35.5. The average molecular weight is 296 g/mol. The molecule has 0 spiro atoms. The summed E-state index contributed by atoms with van der Waals surface area (Å²) in [5.74, 6) is 0.592. The number of hydrogen-bond acceptors (Lipinski definition) is 4. The third kappa shape index (κ3) is 2.42. The molecule has 1 unspecified atom stereocenters. The van der Waals surface area contributed by atoms with Crippen LogP contribution in [-0.4, -0.2) is 32.8 Å². The van der Waals surface area contributed by atoms with E-state index in [-0.39, 0.29) is 11.9 Å². The highest BCUT2D eigenvalue weighted by Gasteiger charge is 2.26. The van der Waals surface area contributed by atoms with E-state index in [1.54, 1.807) is 18.5 Å². The van der Waals surface area contributed by atoms with Crippen LogP contribution in [0.25, 0.3) is 0 Å². The molecular formula is C13H15ClFN5. The van der Waals surface area contributed by atoms with Gasteiger partial charge in [0.25, 0.3) is 0 Å². The van der Waals surface area contributed by atoms with Crippen molar-refractivity contribution in [3.05, 3.63) is 46.8 Å². The Morgan fingerprint density at radius 2 is 2.25 bits per heavy atom. The number of halogens is 2. The van der Waals surface area contributed by atoms with E-state index in [2.05, 4.69) is 15.1 Å². The van der Waals surface area contributed by atoms with Gasteiger partial charge in [-0.3, -0.25) is 4.90 Å². The summed E-state index contributed by atoms with van der Waals surface area (Å²) in [6.45, 7) is 2.49. The molecule has 0 amide bonds. The van der Waals surface area contributed by atoms with Crippen molar-refractivity contribution in [1.82, 2.24) is 19.7 Å². The van der Waals surface area contributed by atoms with Crippen molar-refractivity contribution in [3.63, 3.8) is 0 Å². The Balaban J connectivity index is 1.89. The first-order chi connectivity index (χ1) is 9.69. The molecule has 0 radical (unpaired) electrons. The molecule has 0 saturated heterocycles. The summed E-state index contributed by atoms with van der Waals surface area (Å²) in [4.78, 5) is 2.11. The molecule has 1 aliphatic heterocycles. The Hall–Kier alpha value is -1.50. The van der Waals surface area contributed by atoms with Gasteiger partial charge in [-0.2, -0.15) is 0 Å². The first kappa shape index (κ1) is 13.5. The Morgan fingerprint density at radius 1 is 1.40 bits per heavy atom. The van der Waals surface area contributed by atoms with Gasteiger partial charge in [0.15, 0.2) is 0 Å². The van der Waals surface area contributed by atoms with Crippen molar-refractivity contribution in [2.45, 2.75) is 19.1 Å². The predicted octanol–water partition coefficient (Wildman–Crippen LogP) is 1.59. The zero-order valence-corrected chi connectivity index (χ0v) is 11.6. The normalized spacial score (nSPS) is 16.9. The summed E-state index contributed by atoms with van der Waals surface area (Å²) in [5, 5.41) is 8.47. The van der Waals surface area contributed by atoms with Crippen LogP contribution in [0.4, 0.5) is 4.39 Å². The van der Waals surface area contributed by atoms with Gasteiger partial charge in [-0.05, 0) is 18.2 Å². The van der Waals surface area contributed by atoms with Crippen LogP contribution in [0.15, 0.2) is 24.5 Å². The zero-order valence-electron chi connectivity index (χ0n) is 10.8. The van der Waals surface area contributed by atoms with Crippen molar-refractivity contribution >= 4 is 11.6 Å². The Bertz CT molecular complexity index is 615. The van der Waals surface area contributed by atoms with Crippen LogP contribution in [0.3, 0.4) is 0 Å². The first-order valence-electron chi connectivity index (χ1n) is 6.45. The number of hydrogen-bond donors (Lipinski definition) is 1. The SMILES string of the molecule is NCC(c1cc(Cl)ccc1F)N1CCn2cnnc2C1. The molecule has 0 fully saturated rings. The van der Waals surface area contributed by atoms with E-state index in [1.807, 2.05) is 4.57 Å². The lowest BCUT2D eigenvalue weighted by Crippen LogP contribution is -2.40. The van der Waals surface area contributed by atoms with Gasteiger partial charge in [0, 0.05) is 30.2 Å². The van der Waals surface area contributed by atoms with E-state index < -0.39 is 0 Å². The van der Waals surface area contributed by atoms with Gasteiger partial charge in [-0.15, -0.1) is 10.2 Å². The fourth-order valence-electron chi connectivity index (χ4n) is 2.59. The molecule has 20 heavy (non-hydrogen) atoms. The molecular weight excluding hydrogens is 281 g/mol. The van der Waals surface area contributed by atoms with Crippen LogP contribution < -0.4 is 5.73 Å². The molecule has 1 aromatic heterocycles. The van der Waals surface area contributed by atoms with Crippen LogP contribution in [-0.2, 0) is 13.1 Å². The predicted molar refractivity (Wildman–Crippen MR) is 73.6 cm³/mol. The van der Waals surface area contributed by atoms with Crippen LogP contribution in [0.2, 0.25) is 5.02 Å². The van der Waals surface area contributed by atoms with Gasteiger partial charge in [-0.25, -0.2) is 4.39 Å². The van der Waals surface area contributed by atoms with Gasteiger partial charge in [0.05, 0.1) is 12.6 Å². The quantitative estimate of drug-likeness (QED) is 0.934. The minimum absolute atomic E-state index is 0.209. The zero-order chi connectivity index (χ0) is 14.1. The van der Waals surface area contributed by atoms with Crippen molar-refractivity contribution in [2.75, 3.05) is 13.1 Å². The number of fused-ring (bicyclic) bond motifs is 1. The van der Waals surface area contributed by atoms with E-state index >= 15 is 0 Å². The van der Waals surface area contributed by atoms with Crippen LogP contribution >= 0.6 is 11.6 Å². The maximum atomic E-state index is 14.0. The molecule has 5 nitrogen and oxygen atoms in total. The number of benzene rings is 1. The molecule has 1 aliphatic rings. The third-order valence-corrected chi connectivity index (χ3v) is 3.88. The van der Waals surface area contributed by atoms with E-state index in [0.29, 0.717) is 23.7 Å². The van der Waals surface area contributed by atoms with Crippen LogP contribution in [0.1, 0.15) is 17.4 Å². The fourth-order valence-corrected chi connectivity index (χ4v) is 2.77. The highest BCUT2D eigenvalue weighted by molar-refractivity contribution is 6.30. The average Bonchev–Trinajstić information content (AvgIpc) is 2.91. The number of nitrogens with two attached hydrogens (primary N) is 1. The molecule has 2 heterocycles. The molecule has 3 rings (SSSR count). The first-order valence-corrected chi connectivity index (χ1v) is 6.82. The summed E-state index contributed by atoms with van der Waals surface area (Å²) < 4.78 is 16.0. The minimum atomic E-state index is -0.281. The number of nitrogens with zero attached hydrogens (tertiary/aromatic N) is 4. The summed E-state index contributed by atoms with van der Waals surface area (Å²) >= 11 is 5.97.